The van der Waals surface area contributed by atoms with Crippen LogP contribution in [0.5, 0.6) is 11.5 Å². The average Bonchev–Trinajstić information content (AvgIpc) is 3.20. The lowest BCUT2D eigenvalue weighted by Crippen LogP contribution is -2.07. The lowest BCUT2D eigenvalue weighted by atomic mass is 10.2. The van der Waals surface area contributed by atoms with Gasteiger partial charge in [0.25, 0.3) is 0 Å². The van der Waals surface area contributed by atoms with Crippen molar-refractivity contribution in [2.24, 2.45) is 0 Å². The lowest BCUT2D eigenvalue weighted by Gasteiger charge is -2.07. The van der Waals surface area contributed by atoms with Crippen LogP contribution in [0.3, 0.4) is 0 Å². The van der Waals surface area contributed by atoms with Gasteiger partial charge in [-0.25, -0.2) is 0 Å². The summed E-state index contributed by atoms with van der Waals surface area (Å²) in [5, 5.41) is 12.3. The number of hydrogen-bond acceptors (Lipinski definition) is 7. The van der Waals surface area contributed by atoms with E-state index in [2.05, 4.69) is 15.5 Å². The highest BCUT2D eigenvalue weighted by molar-refractivity contribution is 8.00. The third-order valence-corrected chi connectivity index (χ3v) is 6.60. The molecular weight excluding hydrogens is 465 g/mol. The van der Waals surface area contributed by atoms with Crippen LogP contribution in [0.2, 0.25) is 10.0 Å². The minimum atomic E-state index is -0.304. The molecule has 0 aliphatic heterocycles. The summed E-state index contributed by atoms with van der Waals surface area (Å²) in [6.07, 6.45) is 3.10. The summed E-state index contributed by atoms with van der Waals surface area (Å²) in [7, 11) is 3.13. The van der Waals surface area contributed by atoms with Crippen LogP contribution in [-0.4, -0.2) is 30.3 Å². The third kappa shape index (κ3) is 6.12. The molecule has 3 rings (SSSR count). The SMILES string of the molecule is COc1ccc(/C=C/C(=O)Nc2nnc(SCc3ccc(Cl)c(Cl)c3)s2)cc1OC. The number of rotatable bonds is 8. The molecule has 0 atom stereocenters. The van der Waals surface area contributed by atoms with Gasteiger partial charge in [0.2, 0.25) is 11.0 Å². The van der Waals surface area contributed by atoms with Crippen molar-refractivity contribution < 1.29 is 14.3 Å². The summed E-state index contributed by atoms with van der Waals surface area (Å²) in [6, 6.07) is 10.9. The van der Waals surface area contributed by atoms with Crippen molar-refractivity contribution in [1.82, 2.24) is 10.2 Å². The maximum absolute atomic E-state index is 12.2. The van der Waals surface area contributed by atoms with E-state index in [1.54, 1.807) is 38.5 Å². The number of carbonyl (C=O) groups excluding carboxylic acids is 1. The maximum Gasteiger partial charge on any atom is 0.250 e. The van der Waals surface area contributed by atoms with Gasteiger partial charge in [-0.15, -0.1) is 10.2 Å². The number of amides is 1. The summed E-state index contributed by atoms with van der Waals surface area (Å²) in [6.45, 7) is 0. The summed E-state index contributed by atoms with van der Waals surface area (Å²) in [5.41, 5.74) is 1.82. The second-order valence-electron chi connectivity index (χ2n) is 5.85. The largest absolute Gasteiger partial charge is 0.493 e. The second-order valence-corrected chi connectivity index (χ2v) is 8.86. The number of hydrogen-bond donors (Lipinski definition) is 1. The zero-order valence-electron chi connectivity index (χ0n) is 16.0. The summed E-state index contributed by atoms with van der Waals surface area (Å²) in [5.74, 6) is 1.58. The first-order chi connectivity index (χ1) is 14.5. The Morgan fingerprint density at radius 3 is 2.63 bits per heavy atom. The molecule has 6 nitrogen and oxygen atoms in total. The molecule has 3 aromatic rings. The molecule has 1 aromatic heterocycles. The molecule has 0 saturated carbocycles. The van der Waals surface area contributed by atoms with Crippen LogP contribution in [0.15, 0.2) is 46.8 Å². The van der Waals surface area contributed by atoms with E-state index in [4.69, 9.17) is 32.7 Å². The molecule has 0 unspecified atom stereocenters. The number of nitrogens with one attached hydrogen (secondary N) is 1. The molecule has 2 aromatic carbocycles. The minimum absolute atomic E-state index is 0.304. The lowest BCUT2D eigenvalue weighted by molar-refractivity contribution is -0.111. The zero-order valence-corrected chi connectivity index (χ0v) is 19.2. The predicted octanol–water partition coefficient (Wildman–Crippen LogP) is 5.81. The molecule has 156 valence electrons. The van der Waals surface area contributed by atoms with Gasteiger partial charge in [-0.2, -0.15) is 0 Å². The molecule has 0 fully saturated rings. The molecule has 1 heterocycles. The molecule has 0 bridgehead atoms. The number of nitrogens with zero attached hydrogens (tertiary/aromatic N) is 2. The number of carbonyl (C=O) groups is 1. The van der Waals surface area contributed by atoms with Crippen molar-refractivity contribution in [3.63, 3.8) is 0 Å². The van der Waals surface area contributed by atoms with Crippen molar-refractivity contribution >= 4 is 63.4 Å². The fourth-order valence-corrected chi connectivity index (χ4v) is 4.39. The topological polar surface area (TPSA) is 73.3 Å². The number of anilines is 1. The predicted molar refractivity (Wildman–Crippen MR) is 123 cm³/mol. The van der Waals surface area contributed by atoms with Gasteiger partial charge in [0, 0.05) is 11.8 Å². The maximum atomic E-state index is 12.2. The standard InChI is InChI=1S/C20H17Cl2N3O3S2/c1-27-16-7-4-12(10-17(16)28-2)5-8-18(26)23-19-24-25-20(30-19)29-11-13-3-6-14(21)15(22)9-13/h3-10H,11H2,1-2H3,(H,23,24,26)/b8-5+. The highest BCUT2D eigenvalue weighted by atomic mass is 35.5. The van der Waals surface area contributed by atoms with E-state index in [0.29, 0.717) is 32.4 Å². The van der Waals surface area contributed by atoms with Crippen LogP contribution >= 0.6 is 46.3 Å². The average molecular weight is 482 g/mol. The molecule has 0 spiro atoms. The zero-order chi connectivity index (χ0) is 21.5. The van der Waals surface area contributed by atoms with Crippen LogP contribution in [0.25, 0.3) is 6.08 Å². The van der Waals surface area contributed by atoms with Crippen LogP contribution in [0.4, 0.5) is 5.13 Å². The molecule has 1 amide bonds. The molecule has 1 N–H and O–H groups in total. The molecular formula is C20H17Cl2N3O3S2. The molecule has 30 heavy (non-hydrogen) atoms. The normalized spacial score (nSPS) is 10.9. The Bertz CT molecular complexity index is 1070. The van der Waals surface area contributed by atoms with E-state index in [-0.39, 0.29) is 5.91 Å². The molecule has 0 aliphatic carbocycles. The molecule has 0 saturated heterocycles. The third-order valence-electron chi connectivity index (χ3n) is 3.82. The van der Waals surface area contributed by atoms with Crippen molar-refractivity contribution in [2.45, 2.75) is 10.1 Å². The first-order valence-corrected chi connectivity index (χ1v) is 11.2. The second kappa shape index (κ2) is 10.7. The Morgan fingerprint density at radius 2 is 1.90 bits per heavy atom. The van der Waals surface area contributed by atoms with Crippen molar-refractivity contribution in [2.75, 3.05) is 19.5 Å². The van der Waals surface area contributed by atoms with Gasteiger partial charge >= 0.3 is 0 Å². The first-order valence-electron chi connectivity index (χ1n) is 8.60. The van der Waals surface area contributed by atoms with Gasteiger partial charge in [-0.05, 0) is 41.5 Å². The molecule has 0 aliphatic rings. The Balaban J connectivity index is 1.55. The minimum Gasteiger partial charge on any atom is -0.493 e. The van der Waals surface area contributed by atoms with E-state index in [0.717, 1.165) is 15.5 Å². The Labute approximate surface area is 192 Å². The fraction of sp³-hybridized carbons (Fsp3) is 0.150. The summed E-state index contributed by atoms with van der Waals surface area (Å²) in [4.78, 5) is 12.2. The van der Waals surface area contributed by atoms with E-state index >= 15 is 0 Å². The van der Waals surface area contributed by atoms with Crippen molar-refractivity contribution in [1.29, 1.82) is 0 Å². The number of methoxy groups -OCH3 is 2. The number of halogens is 2. The van der Waals surface area contributed by atoms with Gasteiger partial charge in [0.05, 0.1) is 24.3 Å². The van der Waals surface area contributed by atoms with Gasteiger partial charge in [-0.1, -0.05) is 58.4 Å². The van der Waals surface area contributed by atoms with Crippen LogP contribution < -0.4 is 14.8 Å². The van der Waals surface area contributed by atoms with Gasteiger partial charge in [0.15, 0.2) is 15.8 Å². The van der Waals surface area contributed by atoms with Crippen LogP contribution in [-0.2, 0) is 10.5 Å². The number of thioether (sulfide) groups is 1. The summed E-state index contributed by atoms with van der Waals surface area (Å²) < 4.78 is 11.2. The number of aromatic nitrogens is 2. The highest BCUT2D eigenvalue weighted by Crippen LogP contribution is 2.31. The van der Waals surface area contributed by atoms with Crippen LogP contribution in [0, 0.1) is 0 Å². The van der Waals surface area contributed by atoms with Gasteiger partial charge in [-0.3, -0.25) is 10.1 Å². The number of benzene rings is 2. The first kappa shape index (κ1) is 22.4. The Morgan fingerprint density at radius 1 is 1.10 bits per heavy atom. The van der Waals surface area contributed by atoms with Gasteiger partial charge in [0.1, 0.15) is 0 Å². The highest BCUT2D eigenvalue weighted by Gasteiger charge is 2.09. The smallest absolute Gasteiger partial charge is 0.250 e. The Kier molecular flexibility index (Phi) is 7.98. The van der Waals surface area contributed by atoms with Crippen LogP contribution in [0.1, 0.15) is 11.1 Å². The molecule has 0 radical (unpaired) electrons. The number of ether oxygens (including phenoxy) is 2. The van der Waals surface area contributed by atoms with Gasteiger partial charge < -0.3 is 9.47 Å². The van der Waals surface area contributed by atoms with Crippen molar-refractivity contribution in [3.8, 4) is 11.5 Å². The Hall–Kier alpha value is -2.26. The quantitative estimate of drug-likeness (QED) is 0.248. The van der Waals surface area contributed by atoms with E-state index < -0.39 is 0 Å². The van der Waals surface area contributed by atoms with E-state index in [1.165, 1.54) is 29.2 Å². The monoisotopic (exact) mass is 481 g/mol. The summed E-state index contributed by atoms with van der Waals surface area (Å²) >= 11 is 14.8. The fourth-order valence-electron chi connectivity index (χ4n) is 2.37. The van der Waals surface area contributed by atoms with Crippen molar-refractivity contribution in [3.05, 3.63) is 63.6 Å². The molecule has 10 heteroatoms. The van der Waals surface area contributed by atoms with E-state index in [9.17, 15) is 4.79 Å². The van der Waals surface area contributed by atoms with E-state index in [1.807, 2.05) is 18.2 Å².